The predicted molar refractivity (Wildman–Crippen MR) is 74.9 cm³/mol. The summed E-state index contributed by atoms with van der Waals surface area (Å²) in [6.07, 6.45) is 0.0972. The Hall–Kier alpha value is -2.38. The molecule has 0 bridgehead atoms. The fraction of sp³-hybridized carbons (Fsp3) is 0.0667. The Morgan fingerprint density at radius 3 is 2.75 bits per heavy atom. The second kappa shape index (κ2) is 6.18. The number of carbonyl (C=O) groups is 1. The lowest BCUT2D eigenvalue weighted by atomic mass is 10.1. The van der Waals surface area contributed by atoms with E-state index in [0.29, 0.717) is 5.02 Å². The van der Waals surface area contributed by atoms with Crippen LogP contribution in [0.5, 0.6) is 0 Å². The monoisotopic (exact) mass is 288 g/mol. The third-order valence-corrected chi connectivity index (χ3v) is 2.86. The molecule has 0 unspecified atom stereocenters. The summed E-state index contributed by atoms with van der Waals surface area (Å²) in [4.78, 5) is 11.8. The summed E-state index contributed by atoms with van der Waals surface area (Å²) in [7, 11) is 0. The topological polar surface area (TPSA) is 52.9 Å². The minimum absolute atomic E-state index is 0.0519. The van der Waals surface area contributed by atoms with E-state index in [0.717, 1.165) is 11.6 Å². The van der Waals surface area contributed by atoms with Gasteiger partial charge in [-0.05, 0) is 35.9 Å². The molecule has 3 nitrogen and oxygen atoms in total. The number of carbonyl (C=O) groups excluding carboxylic acids is 1. The molecule has 0 atom stereocenters. The zero-order valence-corrected chi connectivity index (χ0v) is 11.1. The molecule has 5 heteroatoms. The molecule has 2 rings (SSSR count). The van der Waals surface area contributed by atoms with Crippen LogP contribution in [-0.2, 0) is 11.2 Å². The van der Waals surface area contributed by atoms with E-state index in [-0.39, 0.29) is 23.6 Å². The molecule has 2 aromatic rings. The fourth-order valence-corrected chi connectivity index (χ4v) is 1.93. The Kier molecular flexibility index (Phi) is 4.34. The van der Waals surface area contributed by atoms with Gasteiger partial charge in [0.1, 0.15) is 5.82 Å². The third kappa shape index (κ3) is 3.56. The van der Waals surface area contributed by atoms with E-state index >= 15 is 0 Å². The average molecular weight is 289 g/mol. The smallest absolute Gasteiger partial charge is 0.228 e. The highest BCUT2D eigenvalue weighted by Crippen LogP contribution is 2.16. The molecule has 0 aromatic heterocycles. The first-order valence-corrected chi connectivity index (χ1v) is 6.20. The summed E-state index contributed by atoms with van der Waals surface area (Å²) in [6.45, 7) is 0. The van der Waals surface area contributed by atoms with Crippen LogP contribution < -0.4 is 5.32 Å². The van der Waals surface area contributed by atoms with Crippen LogP contribution in [0, 0.1) is 17.1 Å². The first kappa shape index (κ1) is 14.0. The van der Waals surface area contributed by atoms with Crippen LogP contribution in [0.25, 0.3) is 0 Å². The van der Waals surface area contributed by atoms with Gasteiger partial charge in [0.2, 0.25) is 5.91 Å². The van der Waals surface area contributed by atoms with Crippen molar-refractivity contribution in [1.82, 2.24) is 0 Å². The third-order valence-electron chi connectivity index (χ3n) is 2.63. The SMILES string of the molecule is N#Cc1ccc(NC(=O)Cc2cccc(Cl)c2)c(F)c1. The van der Waals surface area contributed by atoms with Crippen LogP contribution in [0.1, 0.15) is 11.1 Å². The maximum atomic E-state index is 13.6. The summed E-state index contributed by atoms with van der Waals surface area (Å²) in [5.74, 6) is -0.987. The standard InChI is InChI=1S/C15H10ClFN2O/c16-12-3-1-2-10(6-12)8-15(20)19-14-5-4-11(9-18)7-13(14)17/h1-7H,8H2,(H,19,20). The van der Waals surface area contributed by atoms with E-state index in [1.54, 1.807) is 24.3 Å². The van der Waals surface area contributed by atoms with Crippen molar-refractivity contribution in [2.45, 2.75) is 6.42 Å². The maximum Gasteiger partial charge on any atom is 0.228 e. The normalized spacial score (nSPS) is 9.85. The fourth-order valence-electron chi connectivity index (χ4n) is 1.71. The van der Waals surface area contributed by atoms with Gasteiger partial charge in [0.05, 0.1) is 23.7 Å². The van der Waals surface area contributed by atoms with Crippen LogP contribution >= 0.6 is 11.6 Å². The van der Waals surface area contributed by atoms with Gasteiger partial charge in [0, 0.05) is 5.02 Å². The molecule has 0 aliphatic carbocycles. The molecular formula is C15H10ClFN2O. The molecule has 0 aliphatic rings. The molecule has 20 heavy (non-hydrogen) atoms. The van der Waals surface area contributed by atoms with E-state index in [1.165, 1.54) is 12.1 Å². The second-order valence-electron chi connectivity index (χ2n) is 4.16. The zero-order chi connectivity index (χ0) is 14.5. The van der Waals surface area contributed by atoms with Crippen LogP contribution in [0.3, 0.4) is 0 Å². The highest BCUT2D eigenvalue weighted by Gasteiger charge is 2.09. The van der Waals surface area contributed by atoms with Crippen molar-refractivity contribution in [2.75, 3.05) is 5.32 Å². The highest BCUT2D eigenvalue weighted by atomic mass is 35.5. The van der Waals surface area contributed by atoms with Crippen LogP contribution in [-0.4, -0.2) is 5.91 Å². The lowest BCUT2D eigenvalue weighted by Crippen LogP contribution is -2.15. The van der Waals surface area contributed by atoms with Gasteiger partial charge < -0.3 is 5.32 Å². The van der Waals surface area contributed by atoms with E-state index in [2.05, 4.69) is 5.32 Å². The number of anilines is 1. The maximum absolute atomic E-state index is 13.6. The van der Waals surface area contributed by atoms with Crippen LogP contribution in [0.2, 0.25) is 5.02 Å². The Labute approximate surface area is 120 Å². The quantitative estimate of drug-likeness (QED) is 0.939. The lowest BCUT2D eigenvalue weighted by molar-refractivity contribution is -0.115. The molecular weight excluding hydrogens is 279 g/mol. The number of hydrogen-bond donors (Lipinski definition) is 1. The number of halogens is 2. The molecule has 0 fully saturated rings. The number of rotatable bonds is 3. The molecule has 1 N–H and O–H groups in total. The highest BCUT2D eigenvalue weighted by molar-refractivity contribution is 6.30. The molecule has 0 heterocycles. The first-order valence-electron chi connectivity index (χ1n) is 5.82. The second-order valence-corrected chi connectivity index (χ2v) is 4.60. The number of nitrogens with zero attached hydrogens (tertiary/aromatic N) is 1. The van der Waals surface area contributed by atoms with Gasteiger partial charge in [-0.15, -0.1) is 0 Å². The van der Waals surface area contributed by atoms with Gasteiger partial charge in [-0.25, -0.2) is 4.39 Å². The Balaban J connectivity index is 2.07. The molecule has 0 saturated carbocycles. The number of nitriles is 1. The van der Waals surface area contributed by atoms with Gasteiger partial charge in [-0.3, -0.25) is 4.79 Å². The first-order chi connectivity index (χ1) is 9.58. The Bertz CT molecular complexity index is 695. The summed E-state index contributed by atoms with van der Waals surface area (Å²) in [5, 5.41) is 11.6. The lowest BCUT2D eigenvalue weighted by Gasteiger charge is -2.07. The minimum atomic E-state index is -0.636. The van der Waals surface area contributed by atoms with Gasteiger partial charge in [0.25, 0.3) is 0 Å². The van der Waals surface area contributed by atoms with Crippen molar-refractivity contribution >= 4 is 23.2 Å². The molecule has 0 saturated heterocycles. The molecule has 0 radical (unpaired) electrons. The zero-order valence-electron chi connectivity index (χ0n) is 10.4. The van der Waals surface area contributed by atoms with Crippen molar-refractivity contribution in [3.05, 3.63) is 64.4 Å². The summed E-state index contributed by atoms with van der Waals surface area (Å²) < 4.78 is 13.6. The molecule has 2 aromatic carbocycles. The molecule has 1 amide bonds. The number of nitrogens with one attached hydrogen (secondary N) is 1. The predicted octanol–water partition coefficient (Wildman–Crippen LogP) is 3.53. The van der Waals surface area contributed by atoms with E-state index in [1.807, 2.05) is 6.07 Å². The Morgan fingerprint density at radius 2 is 2.10 bits per heavy atom. The molecule has 0 spiro atoms. The largest absolute Gasteiger partial charge is 0.323 e. The van der Waals surface area contributed by atoms with E-state index < -0.39 is 5.82 Å². The van der Waals surface area contributed by atoms with Crippen molar-refractivity contribution in [3.8, 4) is 6.07 Å². The van der Waals surface area contributed by atoms with E-state index in [4.69, 9.17) is 16.9 Å². The minimum Gasteiger partial charge on any atom is -0.323 e. The van der Waals surface area contributed by atoms with Crippen molar-refractivity contribution < 1.29 is 9.18 Å². The summed E-state index contributed by atoms with van der Waals surface area (Å²) >= 11 is 5.82. The van der Waals surface area contributed by atoms with Crippen molar-refractivity contribution in [2.24, 2.45) is 0 Å². The van der Waals surface area contributed by atoms with Gasteiger partial charge >= 0.3 is 0 Å². The van der Waals surface area contributed by atoms with E-state index in [9.17, 15) is 9.18 Å². The van der Waals surface area contributed by atoms with Gasteiger partial charge in [-0.2, -0.15) is 5.26 Å². The number of amides is 1. The van der Waals surface area contributed by atoms with Crippen molar-refractivity contribution in [3.63, 3.8) is 0 Å². The van der Waals surface area contributed by atoms with Crippen LogP contribution in [0.4, 0.5) is 10.1 Å². The van der Waals surface area contributed by atoms with Gasteiger partial charge in [-0.1, -0.05) is 23.7 Å². The molecule has 100 valence electrons. The number of benzene rings is 2. The molecule has 0 aliphatic heterocycles. The average Bonchev–Trinajstić information content (AvgIpc) is 2.41. The summed E-state index contributed by atoms with van der Waals surface area (Å²) in [5.41, 5.74) is 0.996. The Morgan fingerprint density at radius 1 is 1.30 bits per heavy atom. The van der Waals surface area contributed by atoms with Gasteiger partial charge in [0.15, 0.2) is 0 Å². The van der Waals surface area contributed by atoms with Crippen LogP contribution in [0.15, 0.2) is 42.5 Å². The van der Waals surface area contributed by atoms with Crippen molar-refractivity contribution in [1.29, 1.82) is 5.26 Å². The summed E-state index contributed by atoms with van der Waals surface area (Å²) in [6, 6.07) is 12.6. The number of hydrogen-bond acceptors (Lipinski definition) is 2.